The van der Waals surface area contributed by atoms with Gasteiger partial charge in [0.25, 0.3) is 0 Å². The zero-order chi connectivity index (χ0) is 17.4. The highest BCUT2D eigenvalue weighted by Crippen LogP contribution is 2.25. The number of benzene rings is 2. The van der Waals surface area contributed by atoms with Crippen LogP contribution in [0.3, 0.4) is 0 Å². The van der Waals surface area contributed by atoms with Gasteiger partial charge in [-0.1, -0.05) is 55.5 Å². The first-order valence-corrected chi connectivity index (χ1v) is 8.05. The summed E-state index contributed by atoms with van der Waals surface area (Å²) < 4.78 is 5.58. The lowest BCUT2D eigenvalue weighted by Gasteiger charge is -2.07. The van der Waals surface area contributed by atoms with E-state index in [0.29, 0.717) is 12.2 Å². The molecule has 0 aliphatic carbocycles. The molecule has 3 heteroatoms. The second-order valence-corrected chi connectivity index (χ2v) is 5.36. The monoisotopic (exact) mass is 322 g/mol. The minimum absolute atomic E-state index is 0.281. The Kier molecular flexibility index (Phi) is 6.38. The standard InChI is InChI=1S/C21H22O3/c1-3-5-6-20(21(22)23)18-9-7-16(8-10-18)17-11-13-19(14-12-17)24-15-4-2/h3,5-14H,4,15H2,1-2H3,(H,22,23)/b5-3+,20-6+. The molecule has 2 rings (SSSR count). The highest BCUT2D eigenvalue weighted by atomic mass is 16.5. The second-order valence-electron chi connectivity index (χ2n) is 5.36. The van der Waals surface area contributed by atoms with E-state index in [-0.39, 0.29) is 5.57 Å². The summed E-state index contributed by atoms with van der Waals surface area (Å²) in [6, 6.07) is 15.5. The van der Waals surface area contributed by atoms with Gasteiger partial charge in [-0.3, -0.25) is 0 Å². The topological polar surface area (TPSA) is 46.5 Å². The molecule has 1 N–H and O–H groups in total. The van der Waals surface area contributed by atoms with Gasteiger partial charge in [-0.2, -0.15) is 0 Å². The van der Waals surface area contributed by atoms with E-state index in [4.69, 9.17) is 4.74 Å². The average molecular weight is 322 g/mol. The molecule has 2 aromatic carbocycles. The number of hydrogen-bond acceptors (Lipinski definition) is 2. The van der Waals surface area contributed by atoms with Crippen molar-refractivity contribution in [1.82, 2.24) is 0 Å². The number of carboxylic acids is 1. The number of carbonyl (C=O) groups is 1. The van der Waals surface area contributed by atoms with Crippen LogP contribution in [0.1, 0.15) is 25.8 Å². The largest absolute Gasteiger partial charge is 0.494 e. The van der Waals surface area contributed by atoms with Crippen LogP contribution in [0.5, 0.6) is 5.75 Å². The fourth-order valence-electron chi connectivity index (χ4n) is 2.29. The van der Waals surface area contributed by atoms with Crippen molar-refractivity contribution >= 4 is 11.5 Å². The van der Waals surface area contributed by atoms with Gasteiger partial charge in [0.05, 0.1) is 12.2 Å². The molecule has 0 fully saturated rings. The van der Waals surface area contributed by atoms with Gasteiger partial charge in [-0.15, -0.1) is 0 Å². The predicted molar refractivity (Wildman–Crippen MR) is 98.1 cm³/mol. The molecule has 2 aromatic rings. The summed E-state index contributed by atoms with van der Waals surface area (Å²) in [7, 11) is 0. The van der Waals surface area contributed by atoms with Crippen LogP contribution in [0, 0.1) is 0 Å². The van der Waals surface area contributed by atoms with E-state index in [1.165, 1.54) is 0 Å². The van der Waals surface area contributed by atoms with E-state index >= 15 is 0 Å². The number of hydrogen-bond donors (Lipinski definition) is 1. The Bertz CT molecular complexity index is 723. The number of ether oxygens (including phenoxy) is 1. The molecule has 0 atom stereocenters. The smallest absolute Gasteiger partial charge is 0.336 e. The summed E-state index contributed by atoms with van der Waals surface area (Å²) >= 11 is 0. The molecular weight excluding hydrogens is 300 g/mol. The molecule has 0 unspecified atom stereocenters. The van der Waals surface area contributed by atoms with Gasteiger partial charge >= 0.3 is 5.97 Å². The van der Waals surface area contributed by atoms with Crippen molar-refractivity contribution in [1.29, 1.82) is 0 Å². The third kappa shape index (κ3) is 4.59. The zero-order valence-electron chi connectivity index (χ0n) is 14.0. The van der Waals surface area contributed by atoms with Crippen LogP contribution in [0.25, 0.3) is 16.7 Å². The maximum atomic E-state index is 11.4. The van der Waals surface area contributed by atoms with Gasteiger partial charge in [0.2, 0.25) is 0 Å². The molecule has 0 aliphatic heterocycles. The summed E-state index contributed by atoms with van der Waals surface area (Å²) in [5.74, 6) is -0.0713. The highest BCUT2D eigenvalue weighted by molar-refractivity contribution is 6.15. The second kappa shape index (κ2) is 8.73. The summed E-state index contributed by atoms with van der Waals surface area (Å²) in [6.45, 7) is 4.64. The minimum atomic E-state index is -0.932. The number of allylic oxidation sites excluding steroid dienone is 3. The van der Waals surface area contributed by atoms with Crippen LogP contribution in [0.4, 0.5) is 0 Å². The van der Waals surface area contributed by atoms with E-state index in [1.54, 1.807) is 18.2 Å². The summed E-state index contributed by atoms with van der Waals surface area (Å²) in [5, 5.41) is 9.32. The Balaban J connectivity index is 2.21. The van der Waals surface area contributed by atoms with E-state index in [0.717, 1.165) is 23.3 Å². The summed E-state index contributed by atoms with van der Waals surface area (Å²) in [5.41, 5.74) is 3.08. The van der Waals surface area contributed by atoms with Crippen molar-refractivity contribution in [3.8, 4) is 16.9 Å². The molecule has 0 aromatic heterocycles. The molecule has 0 radical (unpaired) electrons. The number of rotatable bonds is 7. The molecule has 0 aliphatic rings. The first-order valence-electron chi connectivity index (χ1n) is 8.05. The van der Waals surface area contributed by atoms with Crippen LogP contribution in [0.15, 0.2) is 66.8 Å². The van der Waals surface area contributed by atoms with Gasteiger partial charge < -0.3 is 9.84 Å². The van der Waals surface area contributed by atoms with Crippen LogP contribution < -0.4 is 4.74 Å². The van der Waals surface area contributed by atoms with E-state index < -0.39 is 5.97 Å². The Morgan fingerprint density at radius 2 is 1.62 bits per heavy atom. The first-order chi connectivity index (χ1) is 11.7. The van der Waals surface area contributed by atoms with Crippen molar-refractivity contribution in [2.45, 2.75) is 20.3 Å². The SMILES string of the molecule is C/C=C/C=C(/C(=O)O)c1ccc(-c2ccc(OCCC)cc2)cc1. The molecule has 0 saturated carbocycles. The number of carboxylic acid groups (broad SMARTS) is 1. The van der Waals surface area contributed by atoms with Crippen LogP contribution in [-0.4, -0.2) is 17.7 Å². The summed E-state index contributed by atoms with van der Waals surface area (Å²) in [6.07, 6.45) is 6.12. The van der Waals surface area contributed by atoms with Gasteiger partial charge in [0, 0.05) is 0 Å². The van der Waals surface area contributed by atoms with Crippen molar-refractivity contribution in [3.05, 3.63) is 72.3 Å². The molecule has 0 amide bonds. The molecule has 24 heavy (non-hydrogen) atoms. The van der Waals surface area contributed by atoms with Crippen LogP contribution in [-0.2, 0) is 4.79 Å². The molecule has 0 heterocycles. The Labute approximate surface area is 142 Å². The fourth-order valence-corrected chi connectivity index (χ4v) is 2.29. The normalized spacial score (nSPS) is 11.7. The molecule has 3 nitrogen and oxygen atoms in total. The van der Waals surface area contributed by atoms with Crippen molar-refractivity contribution in [2.24, 2.45) is 0 Å². The van der Waals surface area contributed by atoms with Crippen molar-refractivity contribution in [2.75, 3.05) is 6.61 Å². The average Bonchev–Trinajstić information content (AvgIpc) is 2.61. The lowest BCUT2D eigenvalue weighted by atomic mass is 10.00. The third-order valence-corrected chi connectivity index (χ3v) is 3.54. The predicted octanol–water partition coefficient (Wildman–Crippen LogP) is 5.19. The van der Waals surface area contributed by atoms with E-state index in [1.807, 2.05) is 55.5 Å². The first kappa shape index (κ1) is 17.5. The zero-order valence-corrected chi connectivity index (χ0v) is 14.0. The van der Waals surface area contributed by atoms with E-state index in [9.17, 15) is 9.90 Å². The minimum Gasteiger partial charge on any atom is -0.494 e. The maximum absolute atomic E-state index is 11.4. The Morgan fingerprint density at radius 1 is 1.04 bits per heavy atom. The van der Waals surface area contributed by atoms with Gasteiger partial charge in [-0.25, -0.2) is 4.79 Å². The molecule has 0 saturated heterocycles. The van der Waals surface area contributed by atoms with Gasteiger partial charge in [-0.05, 0) is 48.2 Å². The maximum Gasteiger partial charge on any atom is 0.336 e. The van der Waals surface area contributed by atoms with Gasteiger partial charge in [0.1, 0.15) is 5.75 Å². The summed E-state index contributed by atoms with van der Waals surface area (Å²) in [4.78, 5) is 11.4. The van der Waals surface area contributed by atoms with Crippen LogP contribution >= 0.6 is 0 Å². The fraction of sp³-hybridized carbons (Fsp3) is 0.190. The molecule has 124 valence electrons. The highest BCUT2D eigenvalue weighted by Gasteiger charge is 2.09. The molecular formula is C21H22O3. The lowest BCUT2D eigenvalue weighted by Crippen LogP contribution is -1.99. The van der Waals surface area contributed by atoms with Crippen molar-refractivity contribution in [3.63, 3.8) is 0 Å². The quantitative estimate of drug-likeness (QED) is 0.564. The van der Waals surface area contributed by atoms with Gasteiger partial charge in [0.15, 0.2) is 0 Å². The number of aliphatic carboxylic acids is 1. The molecule has 0 bridgehead atoms. The Morgan fingerprint density at radius 3 is 2.12 bits per heavy atom. The lowest BCUT2D eigenvalue weighted by molar-refractivity contribution is -0.130. The third-order valence-electron chi connectivity index (χ3n) is 3.54. The Hall–Kier alpha value is -2.81. The van der Waals surface area contributed by atoms with Crippen LogP contribution in [0.2, 0.25) is 0 Å². The van der Waals surface area contributed by atoms with E-state index in [2.05, 4.69) is 6.92 Å². The van der Waals surface area contributed by atoms with Crippen molar-refractivity contribution < 1.29 is 14.6 Å². The molecule has 0 spiro atoms.